The summed E-state index contributed by atoms with van der Waals surface area (Å²) in [6.45, 7) is 9.94. The summed E-state index contributed by atoms with van der Waals surface area (Å²) in [6, 6.07) is 0. The Morgan fingerprint density at radius 3 is 2.00 bits per heavy atom. The monoisotopic (exact) mass is 286 g/mol. The predicted molar refractivity (Wildman–Crippen MR) is 70.1 cm³/mol. The van der Waals surface area contributed by atoms with Crippen molar-refractivity contribution in [3.8, 4) is 5.75 Å². The molecular weight excluding hydrogens is 268 g/mol. The van der Waals surface area contributed by atoms with E-state index < -0.39 is 0 Å². The second kappa shape index (κ2) is 4.38. The third-order valence-electron chi connectivity index (χ3n) is 3.28. The lowest BCUT2D eigenvalue weighted by molar-refractivity contribution is 0.217. The van der Waals surface area contributed by atoms with Crippen molar-refractivity contribution in [2.24, 2.45) is 0 Å². The summed E-state index contributed by atoms with van der Waals surface area (Å²) < 4.78 is 0.729. The van der Waals surface area contributed by atoms with Gasteiger partial charge in [0.15, 0.2) is 0 Å². The Balaban J connectivity index is 3.65. The van der Waals surface area contributed by atoms with Crippen LogP contribution >= 0.6 is 15.9 Å². The predicted octanol–water partition coefficient (Wildman–Crippen LogP) is 3.35. The first-order valence-electron chi connectivity index (χ1n) is 5.33. The molecule has 0 saturated heterocycles. The van der Waals surface area contributed by atoms with Gasteiger partial charge in [-0.15, -0.1) is 0 Å². The van der Waals surface area contributed by atoms with Gasteiger partial charge in [0.2, 0.25) is 0 Å². The Morgan fingerprint density at radius 2 is 1.56 bits per heavy atom. The molecule has 0 amide bonds. The number of phenols is 1. The Labute approximate surface area is 105 Å². The van der Waals surface area contributed by atoms with E-state index >= 15 is 0 Å². The third-order valence-corrected chi connectivity index (χ3v) is 4.25. The minimum absolute atomic E-state index is 0.0886. The van der Waals surface area contributed by atoms with Crippen molar-refractivity contribution in [3.05, 3.63) is 26.7 Å². The van der Waals surface area contributed by atoms with E-state index in [1.54, 1.807) is 0 Å². The number of halogens is 1. The fraction of sp³-hybridized carbons (Fsp3) is 0.538. The summed E-state index contributed by atoms with van der Waals surface area (Å²) in [6.07, 6.45) is 0. The van der Waals surface area contributed by atoms with Crippen LogP contribution in [0, 0.1) is 20.8 Å². The zero-order chi connectivity index (χ0) is 12.7. The number of aliphatic hydroxyl groups is 1. The molecule has 0 aromatic heterocycles. The normalized spacial score (nSPS) is 11.9. The van der Waals surface area contributed by atoms with Gasteiger partial charge in [-0.2, -0.15) is 0 Å². The second-order valence-corrected chi connectivity index (χ2v) is 5.75. The number of benzene rings is 1. The molecule has 0 radical (unpaired) electrons. The summed E-state index contributed by atoms with van der Waals surface area (Å²) in [4.78, 5) is 0. The van der Waals surface area contributed by atoms with Crippen molar-refractivity contribution in [3.63, 3.8) is 0 Å². The van der Waals surface area contributed by atoms with E-state index in [1.165, 1.54) is 0 Å². The fourth-order valence-electron chi connectivity index (χ4n) is 2.19. The Morgan fingerprint density at radius 1 is 1.06 bits per heavy atom. The molecule has 2 N–H and O–H groups in total. The lowest BCUT2D eigenvalue weighted by Crippen LogP contribution is -2.25. The van der Waals surface area contributed by atoms with E-state index in [4.69, 9.17) is 0 Å². The molecule has 2 nitrogen and oxygen atoms in total. The first kappa shape index (κ1) is 13.5. The van der Waals surface area contributed by atoms with Crippen LogP contribution in [0.5, 0.6) is 5.75 Å². The molecule has 0 saturated carbocycles. The average molecular weight is 287 g/mol. The SMILES string of the molecule is Cc1c(C)c(C(C)(C)CO)c(C)c(Br)c1O. The average Bonchev–Trinajstić information content (AvgIpc) is 2.23. The highest BCUT2D eigenvalue weighted by Gasteiger charge is 2.27. The molecule has 1 rings (SSSR count). The van der Waals surface area contributed by atoms with Crippen LogP contribution in [0.15, 0.2) is 4.47 Å². The zero-order valence-electron chi connectivity index (χ0n) is 10.5. The third kappa shape index (κ3) is 1.98. The number of aromatic hydroxyl groups is 1. The first-order chi connectivity index (χ1) is 7.24. The molecule has 3 heteroatoms. The van der Waals surface area contributed by atoms with E-state index in [-0.39, 0.29) is 12.0 Å². The van der Waals surface area contributed by atoms with E-state index in [1.807, 2.05) is 34.6 Å². The minimum Gasteiger partial charge on any atom is -0.506 e. The van der Waals surface area contributed by atoms with Gasteiger partial charge in [-0.05, 0) is 59.0 Å². The van der Waals surface area contributed by atoms with E-state index in [0.29, 0.717) is 5.75 Å². The molecule has 0 bridgehead atoms. The molecule has 0 aliphatic carbocycles. The van der Waals surface area contributed by atoms with Crippen molar-refractivity contribution < 1.29 is 10.2 Å². The van der Waals surface area contributed by atoms with Crippen molar-refractivity contribution >= 4 is 15.9 Å². The maximum atomic E-state index is 9.92. The largest absolute Gasteiger partial charge is 0.506 e. The number of hydrogen-bond donors (Lipinski definition) is 2. The van der Waals surface area contributed by atoms with Crippen LogP contribution in [0.4, 0.5) is 0 Å². The minimum atomic E-state index is -0.296. The maximum Gasteiger partial charge on any atom is 0.133 e. The smallest absolute Gasteiger partial charge is 0.133 e. The van der Waals surface area contributed by atoms with Gasteiger partial charge in [-0.1, -0.05) is 13.8 Å². The van der Waals surface area contributed by atoms with E-state index in [0.717, 1.165) is 26.7 Å². The highest BCUT2D eigenvalue weighted by molar-refractivity contribution is 9.10. The topological polar surface area (TPSA) is 40.5 Å². The van der Waals surface area contributed by atoms with Crippen LogP contribution in [-0.4, -0.2) is 16.8 Å². The van der Waals surface area contributed by atoms with Gasteiger partial charge in [0, 0.05) is 5.41 Å². The van der Waals surface area contributed by atoms with Crippen molar-refractivity contribution in [2.75, 3.05) is 6.61 Å². The molecule has 0 unspecified atom stereocenters. The van der Waals surface area contributed by atoms with Crippen LogP contribution in [0.25, 0.3) is 0 Å². The van der Waals surface area contributed by atoms with E-state index in [2.05, 4.69) is 15.9 Å². The molecule has 90 valence electrons. The molecule has 1 aromatic rings. The van der Waals surface area contributed by atoms with Gasteiger partial charge in [-0.25, -0.2) is 0 Å². The number of rotatable bonds is 2. The molecule has 0 fully saturated rings. The highest BCUT2D eigenvalue weighted by atomic mass is 79.9. The summed E-state index contributed by atoms with van der Waals surface area (Å²) in [5, 5.41) is 19.4. The first-order valence-corrected chi connectivity index (χ1v) is 6.13. The molecule has 1 aromatic carbocycles. The molecular formula is C13H19BrO2. The molecule has 0 aliphatic heterocycles. The van der Waals surface area contributed by atoms with Gasteiger partial charge in [0.1, 0.15) is 5.75 Å². The summed E-state index contributed by atoms with van der Waals surface area (Å²) in [5.74, 6) is 0.299. The van der Waals surface area contributed by atoms with Gasteiger partial charge < -0.3 is 10.2 Å². The quantitative estimate of drug-likeness (QED) is 0.875. The molecule has 0 spiro atoms. The van der Waals surface area contributed by atoms with Crippen molar-refractivity contribution in [1.29, 1.82) is 0 Å². The maximum absolute atomic E-state index is 9.92. The van der Waals surface area contributed by atoms with Crippen LogP contribution < -0.4 is 0 Å². The van der Waals surface area contributed by atoms with Crippen LogP contribution in [0.2, 0.25) is 0 Å². The standard InChI is InChI=1S/C13H19BrO2/c1-7-8(2)12(16)11(14)9(3)10(7)13(4,5)6-15/h15-16H,6H2,1-5H3. The van der Waals surface area contributed by atoms with Crippen molar-refractivity contribution in [2.45, 2.75) is 40.0 Å². The molecule has 16 heavy (non-hydrogen) atoms. The summed E-state index contributed by atoms with van der Waals surface area (Å²) in [5.41, 5.74) is 3.73. The highest BCUT2D eigenvalue weighted by Crippen LogP contribution is 2.40. The van der Waals surface area contributed by atoms with Gasteiger partial charge in [0.05, 0.1) is 11.1 Å². The summed E-state index contributed by atoms with van der Waals surface area (Å²) >= 11 is 3.40. The Bertz CT molecular complexity index is 393. The zero-order valence-corrected chi connectivity index (χ0v) is 12.1. The second-order valence-electron chi connectivity index (χ2n) is 4.95. The van der Waals surface area contributed by atoms with Crippen LogP contribution in [-0.2, 0) is 5.41 Å². The van der Waals surface area contributed by atoms with Gasteiger partial charge in [-0.3, -0.25) is 0 Å². The molecule has 0 atom stereocenters. The van der Waals surface area contributed by atoms with Gasteiger partial charge in [0.25, 0.3) is 0 Å². The van der Waals surface area contributed by atoms with Crippen LogP contribution in [0.3, 0.4) is 0 Å². The summed E-state index contributed by atoms with van der Waals surface area (Å²) in [7, 11) is 0. The lowest BCUT2D eigenvalue weighted by atomic mass is 9.78. The Kier molecular flexibility index (Phi) is 3.70. The Hall–Kier alpha value is -0.540. The number of aliphatic hydroxyl groups excluding tert-OH is 1. The fourth-order valence-corrected chi connectivity index (χ4v) is 2.69. The molecule has 0 aliphatic rings. The molecule has 0 heterocycles. The van der Waals surface area contributed by atoms with Gasteiger partial charge >= 0.3 is 0 Å². The van der Waals surface area contributed by atoms with Crippen LogP contribution in [0.1, 0.15) is 36.1 Å². The number of hydrogen-bond acceptors (Lipinski definition) is 2. The van der Waals surface area contributed by atoms with Crippen molar-refractivity contribution in [1.82, 2.24) is 0 Å². The number of phenolic OH excluding ortho intramolecular Hbond substituents is 1. The lowest BCUT2D eigenvalue weighted by Gasteiger charge is -2.29. The van der Waals surface area contributed by atoms with E-state index in [9.17, 15) is 10.2 Å².